The van der Waals surface area contributed by atoms with Gasteiger partial charge < -0.3 is 9.47 Å². The van der Waals surface area contributed by atoms with Gasteiger partial charge in [0.15, 0.2) is 0 Å². The number of hydrogen-bond acceptors (Lipinski definition) is 3. The minimum atomic E-state index is -0.429. The van der Waals surface area contributed by atoms with Gasteiger partial charge >= 0.3 is 5.97 Å². The fourth-order valence-electron chi connectivity index (χ4n) is 1.12. The van der Waals surface area contributed by atoms with Crippen molar-refractivity contribution in [2.75, 3.05) is 7.11 Å². The van der Waals surface area contributed by atoms with Crippen LogP contribution in [0, 0.1) is 0 Å². The average molecular weight is 287 g/mol. The third-order valence-electron chi connectivity index (χ3n) is 2.23. The zero-order valence-electron chi connectivity index (χ0n) is 9.35. The molecule has 0 saturated heterocycles. The van der Waals surface area contributed by atoms with Crippen LogP contribution in [0.3, 0.4) is 0 Å². The smallest absolute Gasteiger partial charge is 0.322 e. The van der Waals surface area contributed by atoms with E-state index in [-0.39, 0.29) is 18.7 Å². The largest absolute Gasteiger partial charge is 0.460 e. The maximum atomic E-state index is 11.6. The quantitative estimate of drug-likeness (QED) is 0.616. The molecule has 1 aromatic rings. The van der Waals surface area contributed by atoms with Crippen molar-refractivity contribution in [3.05, 3.63) is 35.9 Å². The summed E-state index contributed by atoms with van der Waals surface area (Å²) in [4.78, 5) is 11.1. The van der Waals surface area contributed by atoms with Gasteiger partial charge in [0.1, 0.15) is 11.4 Å². The van der Waals surface area contributed by atoms with Crippen LogP contribution < -0.4 is 0 Å². The molecule has 0 spiro atoms. The number of rotatable bonds is 5. The van der Waals surface area contributed by atoms with E-state index >= 15 is 0 Å². The predicted molar refractivity (Wildman–Crippen MR) is 65.4 cm³/mol. The SMILES string of the molecule is CO[C@@H](C)[C@H](Br)C(=O)OCc1ccccc1. The van der Waals surface area contributed by atoms with Gasteiger partial charge in [0.05, 0.1) is 6.10 Å². The van der Waals surface area contributed by atoms with Gasteiger partial charge in [0, 0.05) is 7.11 Å². The van der Waals surface area contributed by atoms with E-state index in [4.69, 9.17) is 9.47 Å². The van der Waals surface area contributed by atoms with Crippen molar-refractivity contribution < 1.29 is 14.3 Å². The Morgan fingerprint density at radius 2 is 2.00 bits per heavy atom. The van der Waals surface area contributed by atoms with E-state index in [1.165, 1.54) is 0 Å². The van der Waals surface area contributed by atoms with Crippen molar-refractivity contribution in [3.8, 4) is 0 Å². The van der Waals surface area contributed by atoms with Crippen molar-refractivity contribution in [1.82, 2.24) is 0 Å². The van der Waals surface area contributed by atoms with E-state index in [2.05, 4.69) is 15.9 Å². The minimum Gasteiger partial charge on any atom is -0.460 e. The highest BCUT2D eigenvalue weighted by Crippen LogP contribution is 2.12. The number of carbonyl (C=O) groups is 1. The molecule has 88 valence electrons. The summed E-state index contributed by atoms with van der Waals surface area (Å²) in [6, 6.07) is 9.57. The molecule has 16 heavy (non-hydrogen) atoms. The number of halogens is 1. The summed E-state index contributed by atoms with van der Waals surface area (Å²) in [6.45, 7) is 2.10. The number of alkyl halides is 1. The number of carbonyl (C=O) groups excluding carboxylic acids is 1. The molecule has 0 bridgehead atoms. The van der Waals surface area contributed by atoms with Crippen LogP contribution in [0.1, 0.15) is 12.5 Å². The molecule has 0 aliphatic rings. The highest BCUT2D eigenvalue weighted by atomic mass is 79.9. The highest BCUT2D eigenvalue weighted by molar-refractivity contribution is 9.10. The number of benzene rings is 1. The number of hydrogen-bond donors (Lipinski definition) is 0. The van der Waals surface area contributed by atoms with Crippen molar-refractivity contribution in [1.29, 1.82) is 0 Å². The van der Waals surface area contributed by atoms with Crippen molar-refractivity contribution in [3.63, 3.8) is 0 Å². The van der Waals surface area contributed by atoms with Crippen LogP contribution in [0.15, 0.2) is 30.3 Å². The second-order valence-electron chi connectivity index (χ2n) is 3.44. The van der Waals surface area contributed by atoms with Crippen LogP contribution in [-0.4, -0.2) is 24.0 Å². The molecule has 0 unspecified atom stereocenters. The lowest BCUT2D eigenvalue weighted by Crippen LogP contribution is -2.29. The number of ether oxygens (including phenoxy) is 2. The number of esters is 1. The van der Waals surface area contributed by atoms with Gasteiger partial charge in [-0.05, 0) is 12.5 Å². The van der Waals surface area contributed by atoms with Gasteiger partial charge in [-0.15, -0.1) is 0 Å². The summed E-state index contributed by atoms with van der Waals surface area (Å²) in [6.07, 6.45) is -0.205. The Balaban J connectivity index is 2.41. The predicted octanol–water partition coefficient (Wildman–Crippen LogP) is 2.53. The monoisotopic (exact) mass is 286 g/mol. The number of methoxy groups -OCH3 is 1. The Morgan fingerprint density at radius 3 is 2.56 bits per heavy atom. The summed E-state index contributed by atoms with van der Waals surface area (Å²) >= 11 is 3.24. The van der Waals surface area contributed by atoms with E-state index in [9.17, 15) is 4.79 Å². The summed E-state index contributed by atoms with van der Waals surface area (Å²) in [7, 11) is 1.56. The van der Waals surface area contributed by atoms with Crippen molar-refractivity contribution >= 4 is 21.9 Å². The second kappa shape index (κ2) is 6.66. The maximum absolute atomic E-state index is 11.6. The summed E-state index contributed by atoms with van der Waals surface area (Å²) in [5.41, 5.74) is 0.973. The Hall–Kier alpha value is -0.870. The average Bonchev–Trinajstić information content (AvgIpc) is 2.35. The van der Waals surface area contributed by atoms with Crippen LogP contribution in [0.4, 0.5) is 0 Å². The Bertz CT molecular complexity index is 326. The lowest BCUT2D eigenvalue weighted by atomic mass is 10.2. The molecule has 0 fully saturated rings. The first kappa shape index (κ1) is 13.2. The van der Waals surface area contributed by atoms with Gasteiger partial charge in [-0.25, -0.2) is 0 Å². The Morgan fingerprint density at radius 1 is 1.38 bits per heavy atom. The zero-order chi connectivity index (χ0) is 12.0. The summed E-state index contributed by atoms with van der Waals surface area (Å²) in [5.74, 6) is -0.307. The fraction of sp³-hybridized carbons (Fsp3) is 0.417. The van der Waals surface area contributed by atoms with E-state index < -0.39 is 4.83 Å². The zero-order valence-corrected chi connectivity index (χ0v) is 10.9. The minimum absolute atomic E-state index is 0.205. The van der Waals surface area contributed by atoms with Crippen LogP contribution in [0.2, 0.25) is 0 Å². The van der Waals surface area contributed by atoms with Gasteiger partial charge in [-0.3, -0.25) is 4.79 Å². The van der Waals surface area contributed by atoms with Gasteiger partial charge in [-0.2, -0.15) is 0 Å². The summed E-state index contributed by atoms with van der Waals surface area (Å²) in [5, 5.41) is 0. The van der Waals surface area contributed by atoms with Gasteiger partial charge in [0.25, 0.3) is 0 Å². The molecular formula is C12H15BrO3. The van der Waals surface area contributed by atoms with Crippen LogP contribution in [0.5, 0.6) is 0 Å². The topological polar surface area (TPSA) is 35.5 Å². The fourth-order valence-corrected chi connectivity index (χ4v) is 1.47. The lowest BCUT2D eigenvalue weighted by molar-refractivity contribution is -0.146. The van der Waals surface area contributed by atoms with Crippen LogP contribution in [0.25, 0.3) is 0 Å². The molecule has 0 N–H and O–H groups in total. The molecular weight excluding hydrogens is 272 g/mol. The standard InChI is InChI=1S/C12H15BrO3/c1-9(15-2)11(13)12(14)16-8-10-6-4-3-5-7-10/h3-7,9,11H,8H2,1-2H3/t9-,11-/m0/s1. The van der Waals surface area contributed by atoms with E-state index in [1.54, 1.807) is 7.11 Å². The Labute approximate surface area is 104 Å². The third kappa shape index (κ3) is 3.94. The highest BCUT2D eigenvalue weighted by Gasteiger charge is 2.23. The first-order valence-corrected chi connectivity index (χ1v) is 5.94. The lowest BCUT2D eigenvalue weighted by Gasteiger charge is -2.15. The molecule has 2 atom stereocenters. The van der Waals surface area contributed by atoms with E-state index in [1.807, 2.05) is 37.3 Å². The van der Waals surface area contributed by atoms with Gasteiger partial charge in [0.2, 0.25) is 0 Å². The first-order valence-electron chi connectivity index (χ1n) is 5.02. The van der Waals surface area contributed by atoms with Crippen LogP contribution in [-0.2, 0) is 20.9 Å². The molecule has 0 radical (unpaired) electrons. The van der Waals surface area contributed by atoms with Crippen LogP contribution >= 0.6 is 15.9 Å². The Kier molecular flexibility index (Phi) is 5.49. The van der Waals surface area contributed by atoms with E-state index in [0.29, 0.717) is 0 Å². The molecule has 0 saturated carbocycles. The maximum Gasteiger partial charge on any atom is 0.322 e. The second-order valence-corrected chi connectivity index (χ2v) is 4.42. The molecule has 0 heterocycles. The molecule has 1 rings (SSSR count). The molecule has 1 aromatic carbocycles. The normalized spacial score (nSPS) is 14.2. The van der Waals surface area contributed by atoms with Gasteiger partial charge in [-0.1, -0.05) is 46.3 Å². The van der Waals surface area contributed by atoms with E-state index in [0.717, 1.165) is 5.56 Å². The van der Waals surface area contributed by atoms with Crippen molar-refractivity contribution in [2.24, 2.45) is 0 Å². The molecule has 3 nitrogen and oxygen atoms in total. The molecule has 0 amide bonds. The molecule has 0 aliphatic carbocycles. The summed E-state index contributed by atoms with van der Waals surface area (Å²) < 4.78 is 10.2. The van der Waals surface area contributed by atoms with Crippen molar-refractivity contribution in [2.45, 2.75) is 24.5 Å². The molecule has 0 aliphatic heterocycles. The first-order chi connectivity index (χ1) is 7.65. The molecule has 4 heteroatoms. The molecule has 0 aromatic heterocycles. The third-order valence-corrected chi connectivity index (χ3v) is 3.35.